The van der Waals surface area contributed by atoms with Gasteiger partial charge in [0.25, 0.3) is 5.91 Å². The standard InChI is InChI=1S/C17H16N2OS2/c1-10-7-11(2)15-14(8-10)18-17(22-15)19-16(20)12-5-4-6-13(9-12)21-3/h4-9H,1-3H3,(H,18,19,20). The van der Waals surface area contributed by atoms with Crippen LogP contribution in [-0.4, -0.2) is 17.1 Å². The lowest BCUT2D eigenvalue weighted by atomic mass is 10.1. The van der Waals surface area contributed by atoms with E-state index in [4.69, 9.17) is 0 Å². The lowest BCUT2D eigenvalue weighted by Gasteiger charge is -2.03. The van der Waals surface area contributed by atoms with Crippen LogP contribution < -0.4 is 5.32 Å². The second kappa shape index (κ2) is 6.10. The number of benzene rings is 2. The van der Waals surface area contributed by atoms with Crippen LogP contribution in [0.2, 0.25) is 0 Å². The molecular weight excluding hydrogens is 312 g/mol. The third kappa shape index (κ3) is 3.00. The number of aromatic nitrogens is 1. The third-order valence-electron chi connectivity index (χ3n) is 3.37. The number of nitrogens with one attached hydrogen (secondary N) is 1. The number of hydrogen-bond donors (Lipinski definition) is 1. The Bertz CT molecular complexity index is 855. The summed E-state index contributed by atoms with van der Waals surface area (Å²) >= 11 is 3.14. The molecule has 0 spiro atoms. The summed E-state index contributed by atoms with van der Waals surface area (Å²) in [5.74, 6) is -0.121. The van der Waals surface area contributed by atoms with Gasteiger partial charge in [0, 0.05) is 10.5 Å². The van der Waals surface area contributed by atoms with E-state index in [2.05, 4.69) is 30.2 Å². The second-order valence-electron chi connectivity index (χ2n) is 5.14. The zero-order valence-corrected chi connectivity index (χ0v) is 14.3. The number of carbonyl (C=O) groups excluding carboxylic acids is 1. The highest BCUT2D eigenvalue weighted by Crippen LogP contribution is 2.30. The molecule has 112 valence electrons. The highest BCUT2D eigenvalue weighted by molar-refractivity contribution is 7.98. The van der Waals surface area contributed by atoms with Gasteiger partial charge < -0.3 is 0 Å². The molecule has 0 aliphatic carbocycles. The van der Waals surface area contributed by atoms with Crippen molar-refractivity contribution in [3.63, 3.8) is 0 Å². The van der Waals surface area contributed by atoms with Gasteiger partial charge in [-0.15, -0.1) is 11.8 Å². The highest BCUT2D eigenvalue weighted by Gasteiger charge is 2.11. The molecule has 0 fully saturated rings. The zero-order valence-electron chi connectivity index (χ0n) is 12.6. The van der Waals surface area contributed by atoms with Crippen LogP contribution in [0, 0.1) is 13.8 Å². The van der Waals surface area contributed by atoms with Crippen LogP contribution in [0.3, 0.4) is 0 Å². The van der Waals surface area contributed by atoms with Crippen LogP contribution in [-0.2, 0) is 0 Å². The van der Waals surface area contributed by atoms with Crippen LogP contribution in [0.4, 0.5) is 5.13 Å². The average Bonchev–Trinajstić information content (AvgIpc) is 2.90. The van der Waals surface area contributed by atoms with Crippen LogP contribution in [0.5, 0.6) is 0 Å². The smallest absolute Gasteiger partial charge is 0.257 e. The number of thiazole rings is 1. The molecule has 0 saturated carbocycles. The molecule has 1 amide bonds. The molecule has 1 heterocycles. The van der Waals surface area contributed by atoms with E-state index in [0.29, 0.717) is 10.7 Å². The Labute approximate surface area is 137 Å². The summed E-state index contributed by atoms with van der Waals surface area (Å²) in [5, 5.41) is 3.55. The molecule has 0 aliphatic rings. The van der Waals surface area contributed by atoms with Crippen molar-refractivity contribution in [2.24, 2.45) is 0 Å². The molecule has 5 heteroatoms. The summed E-state index contributed by atoms with van der Waals surface area (Å²) < 4.78 is 1.12. The molecule has 0 atom stereocenters. The minimum absolute atomic E-state index is 0.121. The first-order chi connectivity index (χ1) is 10.6. The second-order valence-corrected chi connectivity index (χ2v) is 7.01. The Morgan fingerprint density at radius 2 is 2.05 bits per heavy atom. The molecule has 0 aliphatic heterocycles. The lowest BCUT2D eigenvalue weighted by molar-refractivity contribution is 0.102. The van der Waals surface area contributed by atoms with Gasteiger partial charge in [-0.25, -0.2) is 4.98 Å². The van der Waals surface area contributed by atoms with Gasteiger partial charge in [-0.05, 0) is 55.5 Å². The van der Waals surface area contributed by atoms with Crippen molar-refractivity contribution in [2.75, 3.05) is 11.6 Å². The fraction of sp³-hybridized carbons (Fsp3) is 0.176. The Morgan fingerprint density at radius 3 is 2.82 bits per heavy atom. The Kier molecular flexibility index (Phi) is 4.18. The maximum absolute atomic E-state index is 12.4. The van der Waals surface area contributed by atoms with E-state index in [-0.39, 0.29) is 5.91 Å². The SMILES string of the molecule is CSc1cccc(C(=O)Nc2nc3cc(C)cc(C)c3s2)c1. The van der Waals surface area contributed by atoms with E-state index in [0.717, 1.165) is 15.1 Å². The van der Waals surface area contributed by atoms with Gasteiger partial charge >= 0.3 is 0 Å². The Morgan fingerprint density at radius 1 is 1.23 bits per heavy atom. The summed E-state index contributed by atoms with van der Waals surface area (Å²) in [6, 6.07) is 11.8. The van der Waals surface area contributed by atoms with Crippen molar-refractivity contribution in [1.29, 1.82) is 0 Å². The molecule has 0 bridgehead atoms. The van der Waals surface area contributed by atoms with Crippen LogP contribution in [0.25, 0.3) is 10.2 Å². The molecule has 0 radical (unpaired) electrons. The number of carbonyl (C=O) groups is 1. The first-order valence-corrected chi connectivity index (χ1v) is 8.94. The summed E-state index contributed by atoms with van der Waals surface area (Å²) in [4.78, 5) is 18.0. The quantitative estimate of drug-likeness (QED) is 0.696. The Balaban J connectivity index is 1.89. The van der Waals surface area contributed by atoms with E-state index in [9.17, 15) is 4.79 Å². The summed E-state index contributed by atoms with van der Waals surface area (Å²) in [7, 11) is 0. The normalized spacial score (nSPS) is 10.9. The fourth-order valence-corrected chi connectivity index (χ4v) is 3.73. The molecule has 0 saturated heterocycles. The van der Waals surface area contributed by atoms with Crippen molar-refractivity contribution in [3.8, 4) is 0 Å². The van der Waals surface area contributed by atoms with Crippen LogP contribution in [0.15, 0.2) is 41.3 Å². The van der Waals surface area contributed by atoms with Crippen molar-refractivity contribution in [2.45, 2.75) is 18.7 Å². The summed E-state index contributed by atoms with van der Waals surface area (Å²) in [6.45, 7) is 4.12. The van der Waals surface area contributed by atoms with Gasteiger partial charge in [0.15, 0.2) is 5.13 Å². The number of amides is 1. The first-order valence-electron chi connectivity index (χ1n) is 6.90. The minimum Gasteiger partial charge on any atom is -0.298 e. The molecule has 3 aromatic rings. The number of anilines is 1. The minimum atomic E-state index is -0.121. The van der Waals surface area contributed by atoms with Crippen molar-refractivity contribution >= 4 is 44.4 Å². The number of fused-ring (bicyclic) bond motifs is 1. The molecule has 22 heavy (non-hydrogen) atoms. The third-order valence-corrected chi connectivity index (χ3v) is 5.22. The van der Waals surface area contributed by atoms with E-state index in [1.54, 1.807) is 11.8 Å². The number of nitrogens with zero attached hydrogens (tertiary/aromatic N) is 1. The van der Waals surface area contributed by atoms with E-state index in [1.165, 1.54) is 22.5 Å². The summed E-state index contributed by atoms with van der Waals surface area (Å²) in [5.41, 5.74) is 3.97. The number of thioether (sulfide) groups is 1. The number of aryl methyl sites for hydroxylation is 2. The zero-order chi connectivity index (χ0) is 15.7. The first kappa shape index (κ1) is 15.1. The molecule has 3 rings (SSSR count). The molecule has 1 aromatic heterocycles. The van der Waals surface area contributed by atoms with E-state index < -0.39 is 0 Å². The highest BCUT2D eigenvalue weighted by atomic mass is 32.2. The summed E-state index contributed by atoms with van der Waals surface area (Å²) in [6.07, 6.45) is 2.00. The predicted molar refractivity (Wildman–Crippen MR) is 95.3 cm³/mol. The van der Waals surface area contributed by atoms with Gasteiger partial charge in [-0.2, -0.15) is 0 Å². The van der Waals surface area contributed by atoms with Gasteiger partial charge in [-0.3, -0.25) is 10.1 Å². The van der Waals surface area contributed by atoms with E-state index in [1.807, 2.05) is 36.6 Å². The average molecular weight is 328 g/mol. The van der Waals surface area contributed by atoms with Gasteiger partial charge in [-0.1, -0.05) is 23.5 Å². The largest absolute Gasteiger partial charge is 0.298 e. The molecular formula is C17H16N2OS2. The topological polar surface area (TPSA) is 42.0 Å². The molecule has 3 nitrogen and oxygen atoms in total. The number of hydrogen-bond acceptors (Lipinski definition) is 4. The van der Waals surface area contributed by atoms with Crippen LogP contribution >= 0.6 is 23.1 Å². The lowest BCUT2D eigenvalue weighted by Crippen LogP contribution is -2.11. The van der Waals surface area contributed by atoms with Crippen LogP contribution in [0.1, 0.15) is 21.5 Å². The fourth-order valence-electron chi connectivity index (χ4n) is 2.36. The maximum Gasteiger partial charge on any atom is 0.257 e. The monoisotopic (exact) mass is 328 g/mol. The Hall–Kier alpha value is -1.85. The van der Waals surface area contributed by atoms with Gasteiger partial charge in [0.05, 0.1) is 10.2 Å². The van der Waals surface area contributed by atoms with Crippen molar-refractivity contribution in [3.05, 3.63) is 53.1 Å². The van der Waals surface area contributed by atoms with Crippen molar-refractivity contribution in [1.82, 2.24) is 4.98 Å². The molecule has 2 aromatic carbocycles. The maximum atomic E-state index is 12.4. The number of rotatable bonds is 3. The molecule has 1 N–H and O–H groups in total. The van der Waals surface area contributed by atoms with Crippen molar-refractivity contribution < 1.29 is 4.79 Å². The predicted octanol–water partition coefficient (Wildman–Crippen LogP) is 4.89. The van der Waals surface area contributed by atoms with E-state index >= 15 is 0 Å². The van der Waals surface area contributed by atoms with Gasteiger partial charge in [0.2, 0.25) is 0 Å². The van der Waals surface area contributed by atoms with Gasteiger partial charge in [0.1, 0.15) is 0 Å². The molecule has 0 unspecified atom stereocenters.